The molecule has 4 aromatic rings. The summed E-state index contributed by atoms with van der Waals surface area (Å²) in [6.07, 6.45) is 6.86. The van der Waals surface area contributed by atoms with Crippen molar-refractivity contribution in [3.8, 4) is 0 Å². The van der Waals surface area contributed by atoms with Gasteiger partial charge in [0.15, 0.2) is 0 Å². The van der Waals surface area contributed by atoms with Crippen molar-refractivity contribution in [2.24, 2.45) is 5.73 Å². The first-order valence-electron chi connectivity index (χ1n) is 15.6. The number of nitrogens with one attached hydrogen (secondary N) is 1. The third kappa shape index (κ3) is 9.83. The Labute approximate surface area is 276 Å². The Morgan fingerprint density at radius 1 is 0.913 bits per heavy atom. The van der Waals surface area contributed by atoms with E-state index < -0.39 is 17.6 Å². The van der Waals surface area contributed by atoms with Crippen LogP contribution >= 0.6 is 11.3 Å². The zero-order chi connectivity index (χ0) is 33.3. The highest BCUT2D eigenvalue weighted by molar-refractivity contribution is 7.09. The maximum Gasteiger partial charge on any atom is 0.246 e. The average molecular weight is 640 g/mol. The molecule has 0 saturated heterocycles. The number of thiophene rings is 1. The second-order valence-electron chi connectivity index (χ2n) is 12.7. The van der Waals surface area contributed by atoms with Crippen LogP contribution in [0.25, 0.3) is 10.8 Å². The summed E-state index contributed by atoms with van der Waals surface area (Å²) in [5.41, 5.74) is 8.55. The second-order valence-corrected chi connectivity index (χ2v) is 13.7. The number of aromatic nitrogens is 1. The first-order chi connectivity index (χ1) is 21.9. The van der Waals surface area contributed by atoms with Crippen LogP contribution in [0.3, 0.4) is 0 Å². The molecular weight excluding hydrogens is 595 g/mol. The van der Waals surface area contributed by atoms with Gasteiger partial charge in [0, 0.05) is 62.4 Å². The number of amides is 3. The minimum absolute atomic E-state index is 0.238. The first-order valence-corrected chi connectivity index (χ1v) is 16.5. The molecule has 46 heavy (non-hydrogen) atoms. The summed E-state index contributed by atoms with van der Waals surface area (Å²) in [6, 6.07) is 20.3. The van der Waals surface area contributed by atoms with Crippen LogP contribution in [-0.2, 0) is 33.6 Å². The third-order valence-electron chi connectivity index (χ3n) is 8.00. The highest BCUT2D eigenvalue weighted by Crippen LogP contribution is 2.21. The SMILES string of the molecule is C/C(=C\C(=O)N(C)[C@H](Cc1ccc2ccccc2c1)C(=O)N(C)[C@H](Cc1cccs1)C(=O)NCCc1ccncc1)CC(C)(C)N. The molecule has 3 amide bonds. The van der Waals surface area contributed by atoms with E-state index in [2.05, 4.69) is 16.4 Å². The molecule has 0 radical (unpaired) electrons. The van der Waals surface area contributed by atoms with E-state index in [1.807, 2.05) is 86.8 Å². The third-order valence-corrected chi connectivity index (χ3v) is 8.90. The van der Waals surface area contributed by atoms with Gasteiger partial charge >= 0.3 is 0 Å². The summed E-state index contributed by atoms with van der Waals surface area (Å²) in [7, 11) is 3.31. The fourth-order valence-electron chi connectivity index (χ4n) is 5.63. The first kappa shape index (κ1) is 34.5. The molecule has 0 saturated carbocycles. The Morgan fingerprint density at radius 3 is 2.30 bits per heavy atom. The maximum absolute atomic E-state index is 14.4. The Hall–Kier alpha value is -4.34. The molecule has 0 fully saturated rings. The number of pyridine rings is 1. The second kappa shape index (κ2) is 15.8. The standard InChI is InChI=1S/C37H45N5O3S/c1-26(25-37(2,3)38)21-34(43)41(4)33(23-28-12-13-29-9-6-7-10-30(29)22-28)36(45)42(5)32(24-31-11-8-20-46-31)35(44)40-19-16-27-14-17-39-18-15-27/h6-15,17-18,20-22,32-33H,16,19,23-25,38H2,1-5H3,(H,40,44)/b26-21+/t32-,33-/m1/s1. The van der Waals surface area contributed by atoms with E-state index >= 15 is 0 Å². The van der Waals surface area contributed by atoms with E-state index in [1.165, 1.54) is 9.80 Å². The number of benzene rings is 2. The number of fused-ring (bicyclic) bond motifs is 1. The van der Waals surface area contributed by atoms with Crippen LogP contribution in [0.15, 0.2) is 96.2 Å². The fourth-order valence-corrected chi connectivity index (χ4v) is 6.37. The Morgan fingerprint density at radius 2 is 1.63 bits per heavy atom. The van der Waals surface area contributed by atoms with E-state index in [0.717, 1.165) is 32.3 Å². The molecule has 0 spiro atoms. The van der Waals surface area contributed by atoms with E-state index in [1.54, 1.807) is 43.9 Å². The summed E-state index contributed by atoms with van der Waals surface area (Å²) in [6.45, 7) is 6.12. The van der Waals surface area contributed by atoms with Crippen molar-refractivity contribution in [1.29, 1.82) is 0 Å². The van der Waals surface area contributed by atoms with Crippen LogP contribution in [-0.4, -0.2) is 70.8 Å². The van der Waals surface area contributed by atoms with Crippen molar-refractivity contribution >= 4 is 39.8 Å². The van der Waals surface area contributed by atoms with Crippen LogP contribution in [0, 0.1) is 0 Å². The van der Waals surface area contributed by atoms with Crippen molar-refractivity contribution in [1.82, 2.24) is 20.1 Å². The van der Waals surface area contributed by atoms with Gasteiger partial charge in [-0.2, -0.15) is 0 Å². The predicted molar refractivity (Wildman–Crippen MR) is 186 cm³/mol. The molecule has 3 N–H and O–H groups in total. The highest BCUT2D eigenvalue weighted by atomic mass is 32.1. The topological polar surface area (TPSA) is 109 Å². The van der Waals surface area contributed by atoms with Crippen molar-refractivity contribution < 1.29 is 14.4 Å². The largest absolute Gasteiger partial charge is 0.354 e. The quantitative estimate of drug-likeness (QED) is 0.185. The van der Waals surface area contributed by atoms with Gasteiger partial charge in [0.25, 0.3) is 0 Å². The van der Waals surface area contributed by atoms with Gasteiger partial charge < -0.3 is 20.9 Å². The molecule has 2 atom stereocenters. The van der Waals surface area contributed by atoms with E-state index in [0.29, 0.717) is 32.2 Å². The molecule has 0 aliphatic carbocycles. The van der Waals surface area contributed by atoms with Gasteiger partial charge in [0.05, 0.1) is 0 Å². The summed E-state index contributed by atoms with van der Waals surface area (Å²) in [5, 5.41) is 7.15. The molecule has 4 rings (SSSR count). The summed E-state index contributed by atoms with van der Waals surface area (Å²) < 4.78 is 0. The van der Waals surface area contributed by atoms with Gasteiger partial charge in [-0.1, -0.05) is 54.1 Å². The minimum atomic E-state index is -0.843. The lowest BCUT2D eigenvalue weighted by Gasteiger charge is -2.34. The van der Waals surface area contributed by atoms with Crippen LogP contribution < -0.4 is 11.1 Å². The monoisotopic (exact) mass is 639 g/mol. The Balaban J connectivity index is 1.61. The van der Waals surface area contributed by atoms with E-state index in [4.69, 9.17) is 5.73 Å². The Bertz CT molecular complexity index is 1650. The molecule has 0 bridgehead atoms. The number of nitrogens with two attached hydrogens (primary N) is 1. The predicted octanol–water partition coefficient (Wildman–Crippen LogP) is 5.17. The van der Waals surface area contributed by atoms with Crippen LogP contribution in [0.2, 0.25) is 0 Å². The van der Waals surface area contributed by atoms with Gasteiger partial charge in [-0.3, -0.25) is 19.4 Å². The maximum atomic E-state index is 14.4. The molecule has 8 nitrogen and oxygen atoms in total. The van der Waals surface area contributed by atoms with Gasteiger partial charge in [-0.25, -0.2) is 0 Å². The van der Waals surface area contributed by atoms with Gasteiger partial charge in [-0.15, -0.1) is 11.3 Å². The van der Waals surface area contributed by atoms with Crippen LogP contribution in [0.5, 0.6) is 0 Å². The van der Waals surface area contributed by atoms with Gasteiger partial charge in [0.1, 0.15) is 12.1 Å². The van der Waals surface area contributed by atoms with Gasteiger partial charge in [-0.05, 0) is 79.1 Å². The number of likely N-dealkylation sites (N-methyl/N-ethyl adjacent to an activating group) is 2. The summed E-state index contributed by atoms with van der Waals surface area (Å²) >= 11 is 1.55. The number of nitrogens with zero attached hydrogens (tertiary/aromatic N) is 3. The van der Waals surface area contributed by atoms with Crippen molar-refractivity contribution in [3.63, 3.8) is 0 Å². The average Bonchev–Trinajstić information content (AvgIpc) is 3.54. The molecule has 0 aliphatic rings. The molecule has 0 aliphatic heterocycles. The zero-order valence-corrected chi connectivity index (χ0v) is 28.2. The summed E-state index contributed by atoms with van der Waals surface area (Å²) in [5.74, 6) is -0.830. The molecule has 9 heteroatoms. The van der Waals surface area contributed by atoms with Crippen molar-refractivity contribution in [2.75, 3.05) is 20.6 Å². The lowest BCUT2D eigenvalue weighted by molar-refractivity contribution is -0.146. The van der Waals surface area contributed by atoms with Crippen molar-refractivity contribution in [3.05, 3.63) is 112 Å². The number of carbonyl (C=O) groups excluding carboxylic acids is 3. The number of hydrogen-bond acceptors (Lipinski definition) is 6. The molecule has 2 aromatic heterocycles. The lowest BCUT2D eigenvalue weighted by atomic mass is 9.96. The number of rotatable bonds is 14. The highest BCUT2D eigenvalue weighted by Gasteiger charge is 2.35. The molecule has 242 valence electrons. The van der Waals surface area contributed by atoms with Crippen molar-refractivity contribution in [2.45, 2.75) is 64.1 Å². The van der Waals surface area contributed by atoms with E-state index in [9.17, 15) is 14.4 Å². The molecule has 2 heterocycles. The molecule has 0 unspecified atom stereocenters. The fraction of sp³-hybridized carbons (Fsp3) is 0.351. The molecule has 2 aromatic carbocycles. The molecular formula is C37H45N5O3S. The number of carbonyl (C=O) groups is 3. The summed E-state index contributed by atoms with van der Waals surface area (Å²) in [4.78, 5) is 49.8. The zero-order valence-electron chi connectivity index (χ0n) is 27.4. The van der Waals surface area contributed by atoms with Gasteiger partial charge in [0.2, 0.25) is 17.7 Å². The Kier molecular flexibility index (Phi) is 11.8. The minimum Gasteiger partial charge on any atom is -0.354 e. The smallest absolute Gasteiger partial charge is 0.246 e. The normalized spacial score (nSPS) is 13.2. The van der Waals surface area contributed by atoms with E-state index in [-0.39, 0.29) is 17.7 Å². The lowest BCUT2D eigenvalue weighted by Crippen LogP contribution is -2.56. The number of hydrogen-bond donors (Lipinski definition) is 2. The van der Waals surface area contributed by atoms with Crippen LogP contribution in [0.1, 0.15) is 43.2 Å². The van der Waals surface area contributed by atoms with Crippen LogP contribution in [0.4, 0.5) is 0 Å².